The van der Waals surface area contributed by atoms with E-state index in [0.29, 0.717) is 11.9 Å². The molecule has 0 spiro atoms. The Balaban J connectivity index is 2.03. The fourth-order valence-corrected chi connectivity index (χ4v) is 1.88. The predicted octanol–water partition coefficient (Wildman–Crippen LogP) is 2.29. The van der Waals surface area contributed by atoms with Gasteiger partial charge in [-0.2, -0.15) is 0 Å². The van der Waals surface area contributed by atoms with Gasteiger partial charge < -0.3 is 10.1 Å². The molecule has 1 aliphatic heterocycles. The van der Waals surface area contributed by atoms with Crippen molar-refractivity contribution >= 4 is 0 Å². The normalized spacial score (nSPS) is 20.9. The summed E-state index contributed by atoms with van der Waals surface area (Å²) in [5.74, 6) is 0.715. The summed E-state index contributed by atoms with van der Waals surface area (Å²) in [5.41, 5.74) is 1.27. The SMILES string of the molecule is CC(C)Oc1ccc(C2CCCN2)cn1. The number of hydrogen-bond donors (Lipinski definition) is 1. The van der Waals surface area contributed by atoms with Crippen molar-refractivity contribution in [2.24, 2.45) is 0 Å². The van der Waals surface area contributed by atoms with Crippen LogP contribution in [-0.2, 0) is 0 Å². The van der Waals surface area contributed by atoms with Gasteiger partial charge in [-0.1, -0.05) is 6.07 Å². The maximum absolute atomic E-state index is 5.50. The molecule has 1 atom stereocenters. The molecule has 0 radical (unpaired) electrons. The van der Waals surface area contributed by atoms with Crippen LogP contribution in [0.5, 0.6) is 5.88 Å². The topological polar surface area (TPSA) is 34.1 Å². The van der Waals surface area contributed by atoms with Gasteiger partial charge in [-0.3, -0.25) is 0 Å². The summed E-state index contributed by atoms with van der Waals surface area (Å²) in [6.45, 7) is 5.14. The van der Waals surface area contributed by atoms with Gasteiger partial charge >= 0.3 is 0 Å². The number of rotatable bonds is 3. The molecule has 1 unspecified atom stereocenters. The van der Waals surface area contributed by atoms with E-state index < -0.39 is 0 Å². The lowest BCUT2D eigenvalue weighted by Gasteiger charge is -2.12. The van der Waals surface area contributed by atoms with Gasteiger partial charge in [-0.05, 0) is 38.8 Å². The number of nitrogens with zero attached hydrogens (tertiary/aromatic N) is 1. The lowest BCUT2D eigenvalue weighted by atomic mass is 10.1. The molecular weight excluding hydrogens is 188 g/mol. The standard InChI is InChI=1S/C12H18N2O/c1-9(2)15-12-6-5-10(8-14-12)11-4-3-7-13-11/h5-6,8-9,11,13H,3-4,7H2,1-2H3. The molecule has 2 heterocycles. The van der Waals surface area contributed by atoms with Gasteiger partial charge in [0.25, 0.3) is 0 Å². The minimum absolute atomic E-state index is 0.188. The lowest BCUT2D eigenvalue weighted by molar-refractivity contribution is 0.232. The molecule has 1 aromatic heterocycles. The van der Waals surface area contributed by atoms with E-state index >= 15 is 0 Å². The van der Waals surface area contributed by atoms with Crippen LogP contribution < -0.4 is 10.1 Å². The fraction of sp³-hybridized carbons (Fsp3) is 0.583. The van der Waals surface area contributed by atoms with Crippen molar-refractivity contribution in [3.05, 3.63) is 23.9 Å². The molecule has 3 heteroatoms. The highest BCUT2D eigenvalue weighted by Gasteiger charge is 2.16. The molecule has 0 aliphatic carbocycles. The highest BCUT2D eigenvalue weighted by molar-refractivity contribution is 5.21. The number of nitrogens with one attached hydrogen (secondary N) is 1. The summed E-state index contributed by atoms with van der Waals surface area (Å²) in [4.78, 5) is 4.30. The minimum atomic E-state index is 0.188. The van der Waals surface area contributed by atoms with Gasteiger partial charge in [0.1, 0.15) is 0 Å². The highest BCUT2D eigenvalue weighted by atomic mass is 16.5. The molecule has 0 bridgehead atoms. The van der Waals surface area contributed by atoms with Crippen LogP contribution in [0.2, 0.25) is 0 Å². The van der Waals surface area contributed by atoms with Crippen molar-refractivity contribution < 1.29 is 4.74 Å². The van der Waals surface area contributed by atoms with Gasteiger partial charge in [0.2, 0.25) is 5.88 Å². The van der Waals surface area contributed by atoms with Crippen LogP contribution in [-0.4, -0.2) is 17.6 Å². The van der Waals surface area contributed by atoms with E-state index in [9.17, 15) is 0 Å². The monoisotopic (exact) mass is 206 g/mol. The van der Waals surface area contributed by atoms with Crippen LogP contribution in [0.3, 0.4) is 0 Å². The third kappa shape index (κ3) is 2.69. The van der Waals surface area contributed by atoms with Crippen molar-refractivity contribution in [3.8, 4) is 5.88 Å². The zero-order valence-electron chi connectivity index (χ0n) is 9.36. The number of ether oxygens (including phenoxy) is 1. The third-order valence-electron chi connectivity index (χ3n) is 2.58. The van der Waals surface area contributed by atoms with Crippen molar-refractivity contribution in [3.63, 3.8) is 0 Å². The first kappa shape index (κ1) is 10.4. The summed E-state index contributed by atoms with van der Waals surface area (Å²) in [6, 6.07) is 4.55. The highest BCUT2D eigenvalue weighted by Crippen LogP contribution is 2.23. The van der Waals surface area contributed by atoms with Gasteiger partial charge in [0.05, 0.1) is 6.10 Å². The first-order chi connectivity index (χ1) is 7.25. The Bertz CT molecular complexity index is 302. The minimum Gasteiger partial charge on any atom is -0.475 e. The first-order valence-electron chi connectivity index (χ1n) is 5.61. The van der Waals surface area contributed by atoms with E-state index in [2.05, 4.69) is 16.4 Å². The fourth-order valence-electron chi connectivity index (χ4n) is 1.88. The Morgan fingerprint density at radius 3 is 2.87 bits per heavy atom. The molecule has 2 rings (SSSR count). The Morgan fingerprint density at radius 2 is 2.33 bits per heavy atom. The maximum Gasteiger partial charge on any atom is 0.213 e. The van der Waals surface area contributed by atoms with Crippen molar-refractivity contribution in [1.29, 1.82) is 0 Å². The van der Waals surface area contributed by atoms with E-state index in [1.807, 2.05) is 26.1 Å². The van der Waals surface area contributed by atoms with Crippen LogP contribution in [0.4, 0.5) is 0 Å². The molecule has 82 valence electrons. The van der Waals surface area contributed by atoms with Gasteiger partial charge in [0, 0.05) is 18.3 Å². The average Bonchev–Trinajstić information content (AvgIpc) is 2.71. The molecule has 1 N–H and O–H groups in total. The second kappa shape index (κ2) is 4.62. The molecule has 0 saturated carbocycles. The Kier molecular flexibility index (Phi) is 3.21. The van der Waals surface area contributed by atoms with E-state index in [-0.39, 0.29) is 6.10 Å². The number of hydrogen-bond acceptors (Lipinski definition) is 3. The number of aromatic nitrogens is 1. The Labute approximate surface area is 90.9 Å². The summed E-state index contributed by atoms with van der Waals surface area (Å²) >= 11 is 0. The molecule has 1 saturated heterocycles. The number of pyridine rings is 1. The second-order valence-electron chi connectivity index (χ2n) is 4.25. The average molecular weight is 206 g/mol. The zero-order chi connectivity index (χ0) is 10.7. The van der Waals surface area contributed by atoms with Crippen molar-refractivity contribution in [1.82, 2.24) is 10.3 Å². The van der Waals surface area contributed by atoms with Crippen LogP contribution in [0.1, 0.15) is 38.3 Å². The first-order valence-corrected chi connectivity index (χ1v) is 5.61. The molecule has 0 amide bonds. The Hall–Kier alpha value is -1.09. The van der Waals surface area contributed by atoms with Crippen LogP contribution in [0.15, 0.2) is 18.3 Å². The van der Waals surface area contributed by atoms with Gasteiger partial charge in [-0.15, -0.1) is 0 Å². The summed E-state index contributed by atoms with van der Waals surface area (Å²) in [6.07, 6.45) is 4.58. The summed E-state index contributed by atoms with van der Waals surface area (Å²) in [7, 11) is 0. The quantitative estimate of drug-likeness (QED) is 0.824. The molecule has 1 aromatic rings. The smallest absolute Gasteiger partial charge is 0.213 e. The molecule has 3 nitrogen and oxygen atoms in total. The van der Waals surface area contributed by atoms with E-state index in [4.69, 9.17) is 4.74 Å². The van der Waals surface area contributed by atoms with Crippen LogP contribution >= 0.6 is 0 Å². The molecule has 15 heavy (non-hydrogen) atoms. The Morgan fingerprint density at radius 1 is 1.47 bits per heavy atom. The van der Waals surface area contributed by atoms with Crippen molar-refractivity contribution in [2.45, 2.75) is 38.8 Å². The predicted molar refractivity (Wildman–Crippen MR) is 60.0 cm³/mol. The van der Waals surface area contributed by atoms with E-state index in [1.54, 1.807) is 0 Å². The molecule has 1 fully saturated rings. The lowest BCUT2D eigenvalue weighted by Crippen LogP contribution is -2.13. The molecule has 0 aromatic carbocycles. The summed E-state index contributed by atoms with van der Waals surface area (Å²) in [5, 5.41) is 3.45. The van der Waals surface area contributed by atoms with Crippen LogP contribution in [0.25, 0.3) is 0 Å². The second-order valence-corrected chi connectivity index (χ2v) is 4.25. The van der Waals surface area contributed by atoms with Crippen molar-refractivity contribution in [2.75, 3.05) is 6.54 Å². The maximum atomic E-state index is 5.50. The van der Waals surface area contributed by atoms with E-state index in [0.717, 1.165) is 6.54 Å². The van der Waals surface area contributed by atoms with Crippen LogP contribution in [0, 0.1) is 0 Å². The molecule has 1 aliphatic rings. The van der Waals surface area contributed by atoms with Gasteiger partial charge in [0.15, 0.2) is 0 Å². The van der Waals surface area contributed by atoms with E-state index in [1.165, 1.54) is 18.4 Å². The molecular formula is C12H18N2O. The zero-order valence-corrected chi connectivity index (χ0v) is 9.36. The largest absolute Gasteiger partial charge is 0.475 e. The van der Waals surface area contributed by atoms with Gasteiger partial charge in [-0.25, -0.2) is 4.98 Å². The third-order valence-corrected chi connectivity index (χ3v) is 2.58. The summed E-state index contributed by atoms with van der Waals surface area (Å²) < 4.78 is 5.50.